The summed E-state index contributed by atoms with van der Waals surface area (Å²) < 4.78 is 12.4. The molecule has 4 N–H and O–H groups in total. The maximum atomic E-state index is 13.5. The van der Waals surface area contributed by atoms with Gasteiger partial charge in [0.2, 0.25) is 11.8 Å². The third-order valence-corrected chi connectivity index (χ3v) is 9.02. The van der Waals surface area contributed by atoms with Crippen LogP contribution in [0.5, 0.6) is 11.5 Å². The molecule has 1 atom stereocenters. The molecule has 15 nitrogen and oxygen atoms in total. The number of aromatic nitrogens is 3. The molecule has 0 spiro atoms. The van der Waals surface area contributed by atoms with E-state index in [0.717, 1.165) is 16.2 Å². The number of nitrogens with one attached hydrogen (secondary N) is 4. The fraction of sp³-hybridized carbons (Fsp3) is 0.324. The quantitative estimate of drug-likeness (QED) is 0.130. The maximum Gasteiger partial charge on any atom is 0.278 e. The number of benzene rings is 3. The number of hydrogen-bond donors (Lipinski definition) is 4. The number of anilines is 3. The van der Waals surface area contributed by atoms with Crippen molar-refractivity contribution in [1.29, 1.82) is 0 Å². The maximum absolute atomic E-state index is 13.5. The van der Waals surface area contributed by atoms with Gasteiger partial charge in [-0.2, -0.15) is 0 Å². The molecule has 6 rings (SSSR count). The lowest BCUT2D eigenvalue weighted by Crippen LogP contribution is -2.54. The lowest BCUT2D eigenvalue weighted by atomic mass is 9.86. The first kappa shape index (κ1) is 35.6. The molecule has 5 amide bonds. The fourth-order valence-corrected chi connectivity index (χ4v) is 6.22. The van der Waals surface area contributed by atoms with Crippen molar-refractivity contribution in [3.05, 3.63) is 82.7 Å². The molecule has 2 aliphatic heterocycles. The van der Waals surface area contributed by atoms with Crippen LogP contribution in [0.25, 0.3) is 5.69 Å². The predicted octanol–water partition coefficient (Wildman–Crippen LogP) is 4.07. The number of piperidine rings is 1. The van der Waals surface area contributed by atoms with E-state index >= 15 is 0 Å². The van der Waals surface area contributed by atoms with Gasteiger partial charge in [-0.3, -0.25) is 34.2 Å². The Hall–Kier alpha value is -6.25. The number of methoxy groups -OCH3 is 2. The third kappa shape index (κ3) is 6.89. The normalized spacial score (nSPS) is 15.7. The number of fused-ring (bicyclic) bond motifs is 1. The highest BCUT2D eigenvalue weighted by Crippen LogP contribution is 2.33. The molecule has 0 bridgehead atoms. The summed E-state index contributed by atoms with van der Waals surface area (Å²) in [4.78, 5) is 65.2. The van der Waals surface area contributed by atoms with Gasteiger partial charge in [0.1, 0.15) is 23.2 Å². The summed E-state index contributed by atoms with van der Waals surface area (Å²) in [6, 6.07) is 14.9. The van der Waals surface area contributed by atoms with Crippen LogP contribution in [0.3, 0.4) is 0 Å². The van der Waals surface area contributed by atoms with E-state index < -0.39 is 35.6 Å². The zero-order valence-electron chi connectivity index (χ0n) is 29.7. The van der Waals surface area contributed by atoms with Crippen LogP contribution in [0.1, 0.15) is 76.1 Å². The van der Waals surface area contributed by atoms with Crippen molar-refractivity contribution < 1.29 is 33.4 Å². The third-order valence-electron chi connectivity index (χ3n) is 9.02. The van der Waals surface area contributed by atoms with Crippen LogP contribution < -0.4 is 30.7 Å². The van der Waals surface area contributed by atoms with Gasteiger partial charge in [0.15, 0.2) is 5.69 Å². The number of nitrogens with zero attached hydrogens (tertiary/aromatic N) is 4. The SMILES string of the molecule is COc1ccc(OC)c(-n2nnc(C(=O)Nc3cc(NCCNc4cccc5c4C(=O)N(C4CCC(=O)NC4=O)C5=O)cc(C(C)(C)C)c3)c2C)c1. The van der Waals surface area contributed by atoms with Gasteiger partial charge in [-0.15, -0.1) is 5.10 Å². The number of hydrogen-bond acceptors (Lipinski definition) is 11. The molecule has 0 radical (unpaired) electrons. The topological polar surface area (TPSA) is 186 Å². The molecule has 3 heterocycles. The van der Waals surface area contributed by atoms with Crippen LogP contribution in [0, 0.1) is 6.92 Å². The van der Waals surface area contributed by atoms with E-state index in [1.165, 1.54) is 4.68 Å². The summed E-state index contributed by atoms with van der Waals surface area (Å²) in [7, 11) is 3.11. The molecule has 1 fully saturated rings. The van der Waals surface area contributed by atoms with E-state index in [9.17, 15) is 24.0 Å². The molecule has 52 heavy (non-hydrogen) atoms. The molecule has 0 aliphatic carbocycles. The Morgan fingerprint density at radius 1 is 0.942 bits per heavy atom. The number of carbonyl (C=O) groups excluding carboxylic acids is 5. The molecule has 2 aliphatic rings. The largest absolute Gasteiger partial charge is 0.497 e. The molecule has 15 heteroatoms. The van der Waals surface area contributed by atoms with Gasteiger partial charge < -0.3 is 25.4 Å². The molecule has 1 aromatic heterocycles. The molecular formula is C37H40N8O7. The van der Waals surface area contributed by atoms with E-state index in [2.05, 4.69) is 52.4 Å². The van der Waals surface area contributed by atoms with Crippen molar-refractivity contribution in [3.63, 3.8) is 0 Å². The van der Waals surface area contributed by atoms with Crippen LogP contribution >= 0.6 is 0 Å². The lowest BCUT2D eigenvalue weighted by Gasteiger charge is -2.27. The van der Waals surface area contributed by atoms with E-state index in [1.807, 2.05) is 18.2 Å². The van der Waals surface area contributed by atoms with Crippen molar-refractivity contribution >= 4 is 46.6 Å². The first-order chi connectivity index (χ1) is 24.8. The second-order valence-electron chi connectivity index (χ2n) is 13.5. The Kier molecular flexibility index (Phi) is 9.69. The number of amides is 5. The average molecular weight is 709 g/mol. The van der Waals surface area contributed by atoms with Crippen LogP contribution in [0.4, 0.5) is 17.1 Å². The fourth-order valence-electron chi connectivity index (χ4n) is 6.22. The van der Waals surface area contributed by atoms with Crippen molar-refractivity contribution in [3.8, 4) is 17.2 Å². The van der Waals surface area contributed by atoms with Gasteiger partial charge in [0.05, 0.1) is 31.0 Å². The monoisotopic (exact) mass is 708 g/mol. The van der Waals surface area contributed by atoms with Crippen molar-refractivity contribution in [2.24, 2.45) is 0 Å². The van der Waals surface area contributed by atoms with Crippen molar-refractivity contribution in [2.75, 3.05) is 43.3 Å². The number of imide groups is 2. The number of rotatable bonds is 11. The van der Waals surface area contributed by atoms with Crippen LogP contribution in [0.2, 0.25) is 0 Å². The molecule has 3 aromatic carbocycles. The summed E-state index contributed by atoms with van der Waals surface area (Å²) in [6.07, 6.45) is 0.126. The number of ether oxygens (including phenoxy) is 2. The Morgan fingerprint density at radius 2 is 1.69 bits per heavy atom. The predicted molar refractivity (Wildman–Crippen MR) is 192 cm³/mol. The Bertz CT molecular complexity index is 2100. The lowest BCUT2D eigenvalue weighted by molar-refractivity contribution is -0.136. The Morgan fingerprint density at radius 3 is 2.40 bits per heavy atom. The second kappa shape index (κ2) is 14.2. The molecule has 4 aromatic rings. The van der Waals surface area contributed by atoms with Crippen LogP contribution in [-0.2, 0) is 15.0 Å². The highest BCUT2D eigenvalue weighted by molar-refractivity contribution is 6.25. The molecule has 0 saturated carbocycles. The van der Waals surface area contributed by atoms with Crippen LogP contribution in [-0.4, -0.2) is 82.8 Å². The summed E-state index contributed by atoms with van der Waals surface area (Å²) in [5.74, 6) is -1.54. The van der Waals surface area contributed by atoms with E-state index in [-0.39, 0.29) is 35.1 Å². The minimum absolute atomic E-state index is 0.0452. The zero-order valence-corrected chi connectivity index (χ0v) is 29.7. The van der Waals surface area contributed by atoms with E-state index in [1.54, 1.807) is 57.5 Å². The first-order valence-electron chi connectivity index (χ1n) is 16.7. The smallest absolute Gasteiger partial charge is 0.278 e. The van der Waals surface area contributed by atoms with E-state index in [4.69, 9.17) is 9.47 Å². The molecular weight excluding hydrogens is 668 g/mol. The summed E-state index contributed by atoms with van der Waals surface area (Å²) in [6.45, 7) is 8.75. The standard InChI is InChI=1S/C37H40N8O7/c1-20-32(42-43-45(20)28-19-24(51-5)10-12-29(28)52-6)34(48)40-23-17-21(37(2,3)4)16-22(18-23)38-14-15-39-26-9-7-8-25-31(26)36(50)44(35(25)49)27-11-13-30(46)41-33(27)47/h7-10,12,16-19,27,38-39H,11,13-15H2,1-6H3,(H,40,48)(H,41,46,47). The van der Waals surface area contributed by atoms with Gasteiger partial charge in [0.25, 0.3) is 17.7 Å². The van der Waals surface area contributed by atoms with Crippen molar-refractivity contribution in [1.82, 2.24) is 25.2 Å². The van der Waals surface area contributed by atoms with Crippen molar-refractivity contribution in [2.45, 2.75) is 52.0 Å². The Labute approximate surface area is 300 Å². The minimum Gasteiger partial charge on any atom is -0.497 e. The van der Waals surface area contributed by atoms with Gasteiger partial charge in [-0.25, -0.2) is 4.68 Å². The summed E-state index contributed by atoms with van der Waals surface area (Å²) >= 11 is 0. The zero-order chi connectivity index (χ0) is 37.3. The summed E-state index contributed by atoms with van der Waals surface area (Å²) in [5, 5.41) is 20.2. The highest BCUT2D eigenvalue weighted by Gasteiger charge is 2.45. The van der Waals surface area contributed by atoms with E-state index in [0.29, 0.717) is 47.3 Å². The molecule has 1 unspecified atom stereocenters. The van der Waals surface area contributed by atoms with Gasteiger partial charge >= 0.3 is 0 Å². The van der Waals surface area contributed by atoms with Gasteiger partial charge in [-0.1, -0.05) is 32.1 Å². The number of carbonyl (C=O) groups is 5. The first-order valence-corrected chi connectivity index (χ1v) is 16.7. The average Bonchev–Trinajstić information content (AvgIpc) is 3.62. The van der Waals surface area contributed by atoms with Gasteiger partial charge in [-0.05, 0) is 66.8 Å². The Balaban J connectivity index is 1.15. The molecule has 270 valence electrons. The highest BCUT2D eigenvalue weighted by atomic mass is 16.5. The minimum atomic E-state index is -1.04. The molecule has 1 saturated heterocycles. The summed E-state index contributed by atoms with van der Waals surface area (Å²) in [5.41, 5.74) is 4.10. The van der Waals surface area contributed by atoms with Gasteiger partial charge in [0, 0.05) is 42.6 Å². The van der Waals surface area contributed by atoms with Crippen LogP contribution in [0.15, 0.2) is 54.6 Å². The second-order valence-corrected chi connectivity index (χ2v) is 13.5.